The molecule has 0 aliphatic carbocycles. The van der Waals surface area contributed by atoms with Gasteiger partial charge in [0.1, 0.15) is 11.3 Å². The smallest absolute Gasteiger partial charge is 0.134 e. The minimum absolute atomic E-state index is 0.759. The van der Waals surface area contributed by atoms with E-state index >= 15 is 0 Å². The maximum absolute atomic E-state index is 5.68. The Hall–Kier alpha value is -1.72. The molecular formula is C14H15NO. The minimum Gasteiger partial charge on any atom is -0.461 e. The van der Waals surface area contributed by atoms with E-state index in [1.807, 2.05) is 25.1 Å². The van der Waals surface area contributed by atoms with Crippen molar-refractivity contribution in [3.63, 3.8) is 0 Å². The summed E-state index contributed by atoms with van der Waals surface area (Å²) < 4.78 is 5.68. The molecule has 0 saturated heterocycles. The Bertz CT molecular complexity index is 519. The van der Waals surface area contributed by atoms with E-state index in [9.17, 15) is 0 Å². The summed E-state index contributed by atoms with van der Waals surface area (Å²) in [7, 11) is 0. The molecule has 1 aromatic heterocycles. The van der Waals surface area contributed by atoms with Crippen LogP contribution >= 0.6 is 0 Å². The van der Waals surface area contributed by atoms with Crippen molar-refractivity contribution in [2.45, 2.75) is 19.9 Å². The Labute approximate surface area is 95.6 Å². The lowest BCUT2D eigenvalue weighted by molar-refractivity contribution is 0.566. The first kappa shape index (κ1) is 10.8. The summed E-state index contributed by atoms with van der Waals surface area (Å²) in [6.07, 6.45) is 5.96. The summed E-state index contributed by atoms with van der Waals surface area (Å²) >= 11 is 0. The van der Waals surface area contributed by atoms with Crippen LogP contribution in [0.5, 0.6) is 0 Å². The van der Waals surface area contributed by atoms with Crippen molar-refractivity contribution < 1.29 is 4.42 Å². The SMILES string of the molecule is C#CCCNCc1c(C)oc2ccccc12. The summed E-state index contributed by atoms with van der Waals surface area (Å²) in [5.74, 6) is 3.59. The molecule has 2 nitrogen and oxygen atoms in total. The first-order valence-corrected chi connectivity index (χ1v) is 5.44. The maximum Gasteiger partial charge on any atom is 0.134 e. The van der Waals surface area contributed by atoms with Crippen LogP contribution in [-0.2, 0) is 6.54 Å². The van der Waals surface area contributed by atoms with Gasteiger partial charge in [0.15, 0.2) is 0 Å². The summed E-state index contributed by atoms with van der Waals surface area (Å²) in [6, 6.07) is 8.10. The van der Waals surface area contributed by atoms with E-state index in [1.54, 1.807) is 0 Å². The van der Waals surface area contributed by atoms with Gasteiger partial charge in [-0.25, -0.2) is 0 Å². The molecule has 0 unspecified atom stereocenters. The Morgan fingerprint density at radius 2 is 2.19 bits per heavy atom. The summed E-state index contributed by atoms with van der Waals surface area (Å²) in [4.78, 5) is 0. The Morgan fingerprint density at radius 1 is 1.38 bits per heavy atom. The van der Waals surface area contributed by atoms with Crippen molar-refractivity contribution >= 4 is 11.0 Å². The van der Waals surface area contributed by atoms with Gasteiger partial charge in [0.05, 0.1) is 0 Å². The molecule has 0 fully saturated rings. The van der Waals surface area contributed by atoms with E-state index < -0.39 is 0 Å². The van der Waals surface area contributed by atoms with E-state index in [0.717, 1.165) is 30.9 Å². The van der Waals surface area contributed by atoms with E-state index in [2.05, 4.69) is 17.3 Å². The average Bonchev–Trinajstić information content (AvgIpc) is 2.61. The lowest BCUT2D eigenvalue weighted by Gasteiger charge is -2.01. The summed E-state index contributed by atoms with van der Waals surface area (Å²) in [5, 5.41) is 4.51. The largest absolute Gasteiger partial charge is 0.461 e. The van der Waals surface area contributed by atoms with Crippen molar-refractivity contribution in [2.75, 3.05) is 6.54 Å². The monoisotopic (exact) mass is 213 g/mol. The van der Waals surface area contributed by atoms with Gasteiger partial charge in [-0.2, -0.15) is 0 Å². The van der Waals surface area contributed by atoms with Gasteiger partial charge in [-0.15, -0.1) is 12.3 Å². The van der Waals surface area contributed by atoms with Crippen molar-refractivity contribution in [1.29, 1.82) is 0 Å². The van der Waals surface area contributed by atoms with Gasteiger partial charge in [0.2, 0.25) is 0 Å². The molecule has 0 aliphatic heterocycles. The second-order valence-corrected chi connectivity index (χ2v) is 3.76. The standard InChI is InChI=1S/C14H15NO/c1-3-4-9-15-10-13-11(2)16-14-8-6-5-7-12(13)14/h1,5-8,15H,4,9-10H2,2H3. The highest BCUT2D eigenvalue weighted by molar-refractivity contribution is 5.82. The minimum atomic E-state index is 0.759. The van der Waals surface area contributed by atoms with Gasteiger partial charge in [-0.1, -0.05) is 18.2 Å². The molecule has 2 rings (SSSR count). The molecule has 0 atom stereocenters. The Morgan fingerprint density at radius 3 is 3.00 bits per heavy atom. The summed E-state index contributed by atoms with van der Waals surface area (Å²) in [6.45, 7) is 3.65. The third-order valence-electron chi connectivity index (χ3n) is 2.65. The normalized spacial score (nSPS) is 10.5. The van der Waals surface area contributed by atoms with Crippen LogP contribution in [0.15, 0.2) is 28.7 Å². The molecule has 0 saturated carbocycles. The van der Waals surface area contributed by atoms with Gasteiger partial charge in [0.25, 0.3) is 0 Å². The lowest BCUT2D eigenvalue weighted by Crippen LogP contribution is -2.14. The van der Waals surface area contributed by atoms with Crippen molar-refractivity contribution in [3.05, 3.63) is 35.6 Å². The highest BCUT2D eigenvalue weighted by Gasteiger charge is 2.08. The van der Waals surface area contributed by atoms with Gasteiger partial charge in [0, 0.05) is 30.5 Å². The topological polar surface area (TPSA) is 25.2 Å². The average molecular weight is 213 g/mol. The first-order valence-electron chi connectivity index (χ1n) is 5.44. The molecule has 1 N–H and O–H groups in total. The zero-order valence-electron chi connectivity index (χ0n) is 9.42. The predicted octanol–water partition coefficient (Wildman–Crippen LogP) is 2.85. The molecular weight excluding hydrogens is 198 g/mol. The summed E-state index contributed by atoms with van der Waals surface area (Å²) in [5.41, 5.74) is 2.18. The quantitative estimate of drug-likeness (QED) is 0.624. The first-order chi connectivity index (χ1) is 7.83. The van der Waals surface area contributed by atoms with Crippen molar-refractivity contribution in [1.82, 2.24) is 5.32 Å². The highest BCUT2D eigenvalue weighted by Crippen LogP contribution is 2.24. The number of para-hydroxylation sites is 1. The number of aryl methyl sites for hydroxylation is 1. The van der Waals surface area contributed by atoms with Crippen LogP contribution < -0.4 is 5.32 Å². The molecule has 0 amide bonds. The predicted molar refractivity (Wildman–Crippen MR) is 66.1 cm³/mol. The maximum atomic E-state index is 5.68. The third-order valence-corrected chi connectivity index (χ3v) is 2.65. The van der Waals surface area contributed by atoms with E-state index in [1.165, 1.54) is 10.9 Å². The molecule has 2 aromatic rings. The molecule has 16 heavy (non-hydrogen) atoms. The van der Waals surface area contributed by atoms with Crippen LogP contribution in [0.4, 0.5) is 0 Å². The van der Waals surface area contributed by atoms with Crippen molar-refractivity contribution in [2.24, 2.45) is 0 Å². The number of nitrogens with one attached hydrogen (secondary N) is 1. The Balaban J connectivity index is 2.17. The number of hydrogen-bond acceptors (Lipinski definition) is 2. The molecule has 1 heterocycles. The second-order valence-electron chi connectivity index (χ2n) is 3.76. The number of rotatable bonds is 4. The van der Waals surface area contributed by atoms with Crippen LogP contribution in [0.1, 0.15) is 17.7 Å². The number of hydrogen-bond donors (Lipinski definition) is 1. The fraction of sp³-hybridized carbons (Fsp3) is 0.286. The molecule has 0 radical (unpaired) electrons. The number of furan rings is 1. The van der Waals surface area contributed by atoms with Crippen LogP contribution in [0, 0.1) is 19.3 Å². The van der Waals surface area contributed by atoms with Crippen molar-refractivity contribution in [3.8, 4) is 12.3 Å². The Kier molecular flexibility index (Phi) is 3.28. The van der Waals surface area contributed by atoms with Crippen LogP contribution in [0.2, 0.25) is 0 Å². The van der Waals surface area contributed by atoms with Crippen LogP contribution in [0.25, 0.3) is 11.0 Å². The molecule has 0 aliphatic rings. The fourth-order valence-corrected chi connectivity index (χ4v) is 1.81. The van der Waals surface area contributed by atoms with Gasteiger partial charge in [-0.3, -0.25) is 0 Å². The van der Waals surface area contributed by atoms with Gasteiger partial charge in [-0.05, 0) is 13.0 Å². The number of benzene rings is 1. The zero-order chi connectivity index (χ0) is 11.4. The van der Waals surface area contributed by atoms with Crippen LogP contribution in [-0.4, -0.2) is 6.54 Å². The van der Waals surface area contributed by atoms with Gasteiger partial charge < -0.3 is 9.73 Å². The fourth-order valence-electron chi connectivity index (χ4n) is 1.81. The molecule has 0 bridgehead atoms. The zero-order valence-corrected chi connectivity index (χ0v) is 9.42. The van der Waals surface area contributed by atoms with Crippen LogP contribution in [0.3, 0.4) is 0 Å². The molecule has 82 valence electrons. The second kappa shape index (κ2) is 4.87. The van der Waals surface area contributed by atoms with E-state index in [4.69, 9.17) is 10.8 Å². The van der Waals surface area contributed by atoms with E-state index in [-0.39, 0.29) is 0 Å². The number of fused-ring (bicyclic) bond motifs is 1. The highest BCUT2D eigenvalue weighted by atomic mass is 16.3. The molecule has 0 spiro atoms. The molecule has 2 heteroatoms. The van der Waals surface area contributed by atoms with E-state index in [0.29, 0.717) is 0 Å². The molecule has 1 aromatic carbocycles. The lowest BCUT2D eigenvalue weighted by atomic mass is 10.1. The third kappa shape index (κ3) is 2.10. The van der Waals surface area contributed by atoms with Gasteiger partial charge >= 0.3 is 0 Å². The number of terminal acetylenes is 1.